The molecule has 4 heterocycles. The third-order valence-corrected chi connectivity index (χ3v) is 17.4. The van der Waals surface area contributed by atoms with Crippen LogP contribution in [0.3, 0.4) is 0 Å². The molecule has 44 heavy (non-hydrogen) atoms. The lowest BCUT2D eigenvalue weighted by molar-refractivity contribution is 0.186. The zero-order chi connectivity index (χ0) is 29.3. The van der Waals surface area contributed by atoms with E-state index in [2.05, 4.69) is 71.2 Å². The minimum absolute atomic E-state index is 0.801. The third kappa shape index (κ3) is 6.62. The van der Waals surface area contributed by atoms with Gasteiger partial charge in [-0.05, 0) is 135 Å². The Bertz CT molecular complexity index is 1360. The van der Waals surface area contributed by atoms with Crippen LogP contribution in [0.4, 0.5) is 0 Å². The molecule has 4 aliphatic carbocycles. The Labute approximate surface area is 282 Å². The summed E-state index contributed by atoms with van der Waals surface area (Å²) in [6.45, 7) is 0. The van der Waals surface area contributed by atoms with Gasteiger partial charge in [-0.1, -0.05) is 64.2 Å². The highest BCUT2D eigenvalue weighted by molar-refractivity contribution is 7.28. The Morgan fingerprint density at radius 3 is 0.955 bits per heavy atom. The van der Waals surface area contributed by atoms with E-state index in [-0.39, 0.29) is 0 Å². The summed E-state index contributed by atoms with van der Waals surface area (Å²) in [6, 6.07) is 19.3. The summed E-state index contributed by atoms with van der Waals surface area (Å²) in [5.74, 6) is 5.74. The van der Waals surface area contributed by atoms with Gasteiger partial charge in [-0.25, -0.2) is 0 Å². The minimum atomic E-state index is 0.801. The fourth-order valence-electron chi connectivity index (χ4n) is 9.58. The lowest BCUT2D eigenvalue weighted by Crippen LogP contribution is -2.22. The molecule has 0 aromatic carbocycles. The Kier molecular flexibility index (Phi) is 9.51. The maximum absolute atomic E-state index is 2.46. The van der Waals surface area contributed by atoms with E-state index in [0.29, 0.717) is 0 Å². The Balaban J connectivity index is 0.874. The van der Waals surface area contributed by atoms with Crippen LogP contribution in [0, 0.1) is 23.7 Å². The van der Waals surface area contributed by atoms with E-state index in [0.717, 1.165) is 35.5 Å². The first kappa shape index (κ1) is 30.2. The average molecular weight is 659 g/mol. The molecule has 0 nitrogen and oxygen atoms in total. The highest BCUT2D eigenvalue weighted by Crippen LogP contribution is 2.49. The van der Waals surface area contributed by atoms with Crippen LogP contribution in [0.15, 0.2) is 48.5 Å². The first-order valence-electron chi connectivity index (χ1n) is 18.2. The van der Waals surface area contributed by atoms with Crippen LogP contribution < -0.4 is 0 Å². The summed E-state index contributed by atoms with van der Waals surface area (Å²) in [4.78, 5) is 12.0. The monoisotopic (exact) mass is 658 g/mol. The fraction of sp³-hybridized carbons (Fsp3) is 0.600. The molecule has 234 valence electrons. The van der Waals surface area contributed by atoms with Gasteiger partial charge in [-0.2, -0.15) is 0 Å². The van der Waals surface area contributed by atoms with Crippen LogP contribution in [-0.2, 0) is 0 Å². The minimum Gasteiger partial charge on any atom is -0.139 e. The van der Waals surface area contributed by atoms with Gasteiger partial charge in [0.15, 0.2) is 0 Å². The standard InChI is InChI=1S/C40H50S4/c1-3-7-27(8-4-1)29-11-15-31(16-12-29)33-19-21-35(41-33)37-23-25-39(43-37)40-26-24-38(44-40)36-22-20-34(42-36)32-17-13-30(14-18-32)28-9-5-2-6-10-28/h19-32H,1-18H2. The highest BCUT2D eigenvalue weighted by atomic mass is 32.1. The number of thiophene rings is 4. The van der Waals surface area contributed by atoms with Crippen molar-refractivity contribution >= 4 is 45.3 Å². The van der Waals surface area contributed by atoms with Crippen LogP contribution in [0.5, 0.6) is 0 Å². The highest BCUT2D eigenvalue weighted by Gasteiger charge is 2.31. The van der Waals surface area contributed by atoms with Crippen molar-refractivity contribution in [2.75, 3.05) is 0 Å². The number of hydrogen-bond donors (Lipinski definition) is 0. The van der Waals surface area contributed by atoms with Gasteiger partial charge in [0.1, 0.15) is 0 Å². The summed E-state index contributed by atoms with van der Waals surface area (Å²) in [7, 11) is 0. The van der Waals surface area contributed by atoms with Gasteiger partial charge in [0.2, 0.25) is 0 Å². The van der Waals surface area contributed by atoms with Crippen molar-refractivity contribution in [3.05, 3.63) is 58.3 Å². The molecule has 0 unspecified atom stereocenters. The van der Waals surface area contributed by atoms with Gasteiger partial charge >= 0.3 is 0 Å². The fourth-order valence-corrected chi connectivity index (χ4v) is 14.2. The number of rotatable bonds is 7. The molecule has 4 heteroatoms. The molecule has 4 aromatic rings. The van der Waals surface area contributed by atoms with Gasteiger partial charge in [0.25, 0.3) is 0 Å². The lowest BCUT2D eigenvalue weighted by Gasteiger charge is -2.35. The van der Waals surface area contributed by atoms with Crippen molar-refractivity contribution in [1.29, 1.82) is 0 Å². The molecule has 0 atom stereocenters. The molecule has 8 rings (SSSR count). The zero-order valence-electron chi connectivity index (χ0n) is 26.4. The second-order valence-corrected chi connectivity index (χ2v) is 19.1. The Morgan fingerprint density at radius 2 is 0.591 bits per heavy atom. The van der Waals surface area contributed by atoms with Gasteiger partial charge in [0, 0.05) is 39.0 Å². The smallest absolute Gasteiger partial charge is 0.0449 e. The molecule has 4 fully saturated rings. The molecule has 4 aliphatic rings. The normalized spacial score (nSPS) is 27.5. The van der Waals surface area contributed by atoms with Crippen molar-refractivity contribution < 1.29 is 0 Å². The quantitative estimate of drug-likeness (QED) is 0.185. The topological polar surface area (TPSA) is 0 Å². The predicted octanol–water partition coefficient (Wildman–Crippen LogP) is 14.6. The molecule has 0 amide bonds. The second-order valence-electron chi connectivity index (χ2n) is 14.8. The molecule has 0 bridgehead atoms. The van der Waals surface area contributed by atoms with E-state index in [1.807, 2.05) is 22.7 Å². The van der Waals surface area contributed by atoms with Crippen molar-refractivity contribution in [2.45, 2.75) is 127 Å². The van der Waals surface area contributed by atoms with Crippen molar-refractivity contribution in [3.63, 3.8) is 0 Å². The van der Waals surface area contributed by atoms with Crippen molar-refractivity contribution in [2.24, 2.45) is 23.7 Å². The summed E-state index contributed by atoms with van der Waals surface area (Å²) in [5, 5.41) is 0. The molecule has 4 saturated carbocycles. The molecule has 0 N–H and O–H groups in total. The van der Waals surface area contributed by atoms with Crippen molar-refractivity contribution in [3.8, 4) is 29.3 Å². The first-order chi connectivity index (χ1) is 21.8. The van der Waals surface area contributed by atoms with Gasteiger partial charge in [0.05, 0.1) is 0 Å². The molecule has 0 aliphatic heterocycles. The maximum Gasteiger partial charge on any atom is 0.0449 e. The summed E-state index contributed by atoms with van der Waals surface area (Å²) in [5.41, 5.74) is 0. The maximum atomic E-state index is 2.46. The summed E-state index contributed by atoms with van der Waals surface area (Å²) < 4.78 is 0. The van der Waals surface area contributed by atoms with Gasteiger partial charge in [-0.3, -0.25) is 0 Å². The summed E-state index contributed by atoms with van der Waals surface area (Å²) in [6.07, 6.45) is 26.5. The predicted molar refractivity (Wildman–Crippen MR) is 197 cm³/mol. The van der Waals surface area contributed by atoms with E-state index in [1.54, 1.807) is 9.75 Å². The zero-order valence-corrected chi connectivity index (χ0v) is 29.7. The second kappa shape index (κ2) is 13.9. The Hall–Kier alpha value is -1.20. The van der Waals surface area contributed by atoms with Crippen LogP contribution in [0.1, 0.15) is 137 Å². The van der Waals surface area contributed by atoms with Crippen LogP contribution in [-0.4, -0.2) is 0 Å². The van der Waals surface area contributed by atoms with E-state index >= 15 is 0 Å². The molecule has 0 radical (unpaired) electrons. The molecule has 4 aromatic heterocycles. The number of hydrogen-bond acceptors (Lipinski definition) is 4. The average Bonchev–Trinajstić information content (AvgIpc) is 3.92. The third-order valence-electron chi connectivity index (χ3n) is 12.2. The first-order valence-corrected chi connectivity index (χ1v) is 21.4. The van der Waals surface area contributed by atoms with Crippen LogP contribution >= 0.6 is 45.3 Å². The molecular formula is C40H50S4. The SMILES string of the molecule is c1cc(-c2ccc(C3CCC(C4CCCCC4)CC3)s2)sc1-c1ccc(-c2ccc(C3CCC(C4CCCCC4)CC3)s2)s1. The molecule has 0 spiro atoms. The lowest BCUT2D eigenvalue weighted by atomic mass is 9.71. The van der Waals surface area contributed by atoms with E-state index in [4.69, 9.17) is 0 Å². The van der Waals surface area contributed by atoms with E-state index < -0.39 is 0 Å². The van der Waals surface area contributed by atoms with E-state index in [9.17, 15) is 0 Å². The molecular weight excluding hydrogens is 609 g/mol. The van der Waals surface area contributed by atoms with Crippen LogP contribution in [0.2, 0.25) is 0 Å². The molecule has 0 saturated heterocycles. The van der Waals surface area contributed by atoms with E-state index in [1.165, 1.54) is 145 Å². The Morgan fingerprint density at radius 1 is 0.295 bits per heavy atom. The largest absolute Gasteiger partial charge is 0.139 e. The van der Waals surface area contributed by atoms with Crippen molar-refractivity contribution in [1.82, 2.24) is 0 Å². The van der Waals surface area contributed by atoms with Crippen LogP contribution in [0.25, 0.3) is 29.3 Å². The van der Waals surface area contributed by atoms with Gasteiger partial charge < -0.3 is 0 Å². The van der Waals surface area contributed by atoms with Gasteiger partial charge in [-0.15, -0.1) is 45.3 Å². The summed E-state index contributed by atoms with van der Waals surface area (Å²) >= 11 is 8.14.